The largest absolute Gasteiger partial charge is 0.416 e. The number of anilines is 2. The van der Waals surface area contributed by atoms with E-state index in [2.05, 4.69) is 5.32 Å². The van der Waals surface area contributed by atoms with Crippen LogP contribution in [0.4, 0.5) is 24.5 Å². The molecule has 158 valence electrons. The van der Waals surface area contributed by atoms with E-state index in [-0.39, 0.29) is 15.6 Å². The van der Waals surface area contributed by atoms with Crippen LogP contribution in [0.2, 0.25) is 10.0 Å². The quantitative estimate of drug-likeness (QED) is 0.483. The normalized spacial score (nSPS) is 14.9. The van der Waals surface area contributed by atoms with Crippen molar-refractivity contribution >= 4 is 61.9 Å². The summed E-state index contributed by atoms with van der Waals surface area (Å²) in [5.41, 5.74) is -0.271. The van der Waals surface area contributed by atoms with Crippen LogP contribution in [0, 0.1) is 0 Å². The Labute approximate surface area is 184 Å². The number of nitrogens with one attached hydrogen (secondary N) is 1. The third-order valence-electron chi connectivity index (χ3n) is 4.72. The molecule has 1 aromatic heterocycles. The summed E-state index contributed by atoms with van der Waals surface area (Å²) in [4.78, 5) is 15.0. The van der Waals surface area contributed by atoms with Crippen molar-refractivity contribution < 1.29 is 22.7 Å². The predicted molar refractivity (Wildman–Crippen MR) is 114 cm³/mol. The van der Waals surface area contributed by atoms with E-state index in [1.165, 1.54) is 6.07 Å². The average molecular weight is 475 g/mol. The molecule has 0 bridgehead atoms. The van der Waals surface area contributed by atoms with Gasteiger partial charge in [0.1, 0.15) is 4.88 Å². The van der Waals surface area contributed by atoms with Gasteiger partial charge in [0.2, 0.25) is 0 Å². The lowest BCUT2D eigenvalue weighted by atomic mass is 10.1. The minimum atomic E-state index is -4.53. The summed E-state index contributed by atoms with van der Waals surface area (Å²) in [6.07, 6.45) is -4.53. The van der Waals surface area contributed by atoms with Crippen LogP contribution in [0.1, 0.15) is 15.2 Å². The van der Waals surface area contributed by atoms with Crippen molar-refractivity contribution in [2.75, 3.05) is 36.5 Å². The number of fused-ring (bicyclic) bond motifs is 1. The monoisotopic (exact) mass is 474 g/mol. The van der Waals surface area contributed by atoms with Gasteiger partial charge in [0, 0.05) is 28.2 Å². The van der Waals surface area contributed by atoms with Gasteiger partial charge >= 0.3 is 6.18 Å². The van der Waals surface area contributed by atoms with Crippen molar-refractivity contribution in [1.29, 1.82) is 0 Å². The molecule has 1 fully saturated rings. The highest BCUT2D eigenvalue weighted by atomic mass is 35.5. The number of hydrogen-bond donors (Lipinski definition) is 1. The summed E-state index contributed by atoms with van der Waals surface area (Å²) in [7, 11) is 0. The number of halogens is 5. The first kappa shape index (κ1) is 21.2. The highest BCUT2D eigenvalue weighted by molar-refractivity contribution is 7.21. The van der Waals surface area contributed by atoms with E-state index >= 15 is 0 Å². The number of carbonyl (C=O) groups excluding carboxylic acids is 1. The fraction of sp³-hybridized carbons (Fsp3) is 0.250. The van der Waals surface area contributed by atoms with Gasteiger partial charge in [0.15, 0.2) is 0 Å². The van der Waals surface area contributed by atoms with Crippen molar-refractivity contribution in [3.05, 3.63) is 56.9 Å². The Kier molecular flexibility index (Phi) is 5.85. The molecule has 4 nitrogen and oxygen atoms in total. The van der Waals surface area contributed by atoms with Crippen LogP contribution >= 0.6 is 34.5 Å². The third kappa shape index (κ3) is 4.23. The van der Waals surface area contributed by atoms with Crippen LogP contribution in [-0.4, -0.2) is 32.2 Å². The molecular formula is C20H15Cl2F3N2O2S. The number of rotatable bonds is 3. The maximum absolute atomic E-state index is 13.3. The zero-order valence-corrected chi connectivity index (χ0v) is 17.7. The molecule has 2 heterocycles. The van der Waals surface area contributed by atoms with E-state index in [1.54, 1.807) is 18.2 Å². The molecule has 0 atom stereocenters. The Morgan fingerprint density at radius 3 is 2.53 bits per heavy atom. The fourth-order valence-electron chi connectivity index (χ4n) is 3.26. The van der Waals surface area contributed by atoms with Crippen molar-refractivity contribution in [1.82, 2.24) is 0 Å². The van der Waals surface area contributed by atoms with Gasteiger partial charge in [-0.15, -0.1) is 11.3 Å². The fourth-order valence-corrected chi connectivity index (χ4v) is 4.94. The van der Waals surface area contributed by atoms with Gasteiger partial charge in [-0.3, -0.25) is 4.79 Å². The maximum Gasteiger partial charge on any atom is 0.416 e. The summed E-state index contributed by atoms with van der Waals surface area (Å²) < 4.78 is 45.8. The molecule has 0 radical (unpaired) electrons. The van der Waals surface area contributed by atoms with E-state index in [4.69, 9.17) is 27.9 Å². The third-order valence-corrected chi connectivity index (χ3v) is 6.61. The summed E-state index contributed by atoms with van der Waals surface area (Å²) >= 11 is 13.5. The van der Waals surface area contributed by atoms with Gasteiger partial charge in [-0.05, 0) is 30.3 Å². The number of carbonyl (C=O) groups is 1. The van der Waals surface area contributed by atoms with E-state index < -0.39 is 17.6 Å². The van der Waals surface area contributed by atoms with Crippen LogP contribution < -0.4 is 10.2 Å². The minimum Gasteiger partial charge on any atom is -0.378 e. The Balaban J connectivity index is 1.71. The number of hydrogen-bond acceptors (Lipinski definition) is 4. The highest BCUT2D eigenvalue weighted by Gasteiger charge is 2.32. The second kappa shape index (κ2) is 8.26. The van der Waals surface area contributed by atoms with E-state index in [0.29, 0.717) is 42.4 Å². The maximum atomic E-state index is 13.3. The molecule has 2 aromatic carbocycles. The second-order valence-corrected chi connectivity index (χ2v) is 8.54. The molecule has 0 saturated carbocycles. The van der Waals surface area contributed by atoms with Gasteiger partial charge in [-0.25, -0.2) is 0 Å². The van der Waals surface area contributed by atoms with Crippen molar-refractivity contribution in [3.63, 3.8) is 0 Å². The Hall–Kier alpha value is -2.00. The summed E-state index contributed by atoms with van der Waals surface area (Å²) in [5.74, 6) is -0.578. The summed E-state index contributed by atoms with van der Waals surface area (Å²) in [6, 6.07) is 8.38. The first-order chi connectivity index (χ1) is 14.2. The molecular weight excluding hydrogens is 460 g/mol. The molecule has 0 aliphatic carbocycles. The molecule has 1 amide bonds. The Bertz CT molecular complexity index is 1110. The number of thiophene rings is 1. The number of alkyl halides is 3. The van der Waals surface area contributed by atoms with Crippen LogP contribution in [-0.2, 0) is 10.9 Å². The molecule has 1 aliphatic heterocycles. The van der Waals surface area contributed by atoms with E-state index in [9.17, 15) is 18.0 Å². The molecule has 4 rings (SSSR count). The van der Waals surface area contributed by atoms with E-state index in [1.807, 2.05) is 4.90 Å². The number of ether oxygens (including phenoxy) is 1. The lowest BCUT2D eigenvalue weighted by Crippen LogP contribution is -2.36. The summed E-state index contributed by atoms with van der Waals surface area (Å²) in [5, 5.41) is 4.03. The SMILES string of the molecule is O=C(Nc1cc(C(F)(F)F)ccc1N1CCOCC1)c1sc2cc(Cl)ccc2c1Cl. The zero-order valence-electron chi connectivity index (χ0n) is 15.4. The van der Waals surface area contributed by atoms with Crippen molar-refractivity contribution in [2.45, 2.75) is 6.18 Å². The Morgan fingerprint density at radius 1 is 1.10 bits per heavy atom. The number of benzene rings is 2. The second-order valence-electron chi connectivity index (χ2n) is 6.67. The molecule has 1 saturated heterocycles. The smallest absolute Gasteiger partial charge is 0.378 e. The molecule has 0 unspecified atom stereocenters. The van der Waals surface area contributed by atoms with Crippen LogP contribution in [0.25, 0.3) is 10.1 Å². The molecule has 1 aliphatic rings. The first-order valence-electron chi connectivity index (χ1n) is 8.97. The van der Waals surface area contributed by atoms with Crippen molar-refractivity contribution in [2.24, 2.45) is 0 Å². The standard InChI is InChI=1S/C20H15Cl2F3N2O2S/c21-12-2-3-13-16(10-12)30-18(17(13)22)19(28)26-14-9-11(20(23,24)25)1-4-15(14)27-5-7-29-8-6-27/h1-4,9-10H,5-8H2,(H,26,28). The molecule has 10 heteroatoms. The lowest BCUT2D eigenvalue weighted by molar-refractivity contribution is -0.137. The van der Waals surface area contributed by atoms with Gasteiger partial charge in [-0.1, -0.05) is 29.3 Å². The molecule has 3 aromatic rings. The first-order valence-corrected chi connectivity index (χ1v) is 10.5. The topological polar surface area (TPSA) is 41.6 Å². The highest BCUT2D eigenvalue weighted by Crippen LogP contribution is 2.39. The number of amides is 1. The van der Waals surface area contributed by atoms with Gasteiger partial charge in [-0.2, -0.15) is 13.2 Å². The zero-order chi connectivity index (χ0) is 21.5. The lowest BCUT2D eigenvalue weighted by Gasteiger charge is -2.31. The Morgan fingerprint density at radius 2 is 1.83 bits per heavy atom. The predicted octanol–water partition coefficient (Wildman–Crippen LogP) is 6.32. The molecule has 30 heavy (non-hydrogen) atoms. The van der Waals surface area contributed by atoms with Gasteiger partial charge in [0.25, 0.3) is 5.91 Å². The average Bonchev–Trinajstić information content (AvgIpc) is 3.03. The van der Waals surface area contributed by atoms with Crippen molar-refractivity contribution in [3.8, 4) is 0 Å². The van der Waals surface area contributed by atoms with Crippen LogP contribution in [0.3, 0.4) is 0 Å². The summed E-state index contributed by atoms with van der Waals surface area (Å²) in [6.45, 7) is 1.93. The van der Waals surface area contributed by atoms with Crippen LogP contribution in [0.15, 0.2) is 36.4 Å². The molecule has 0 spiro atoms. The number of nitrogens with zero attached hydrogens (tertiary/aromatic N) is 1. The molecule has 1 N–H and O–H groups in total. The van der Waals surface area contributed by atoms with Gasteiger partial charge < -0.3 is 15.0 Å². The number of morpholine rings is 1. The van der Waals surface area contributed by atoms with E-state index in [0.717, 1.165) is 28.2 Å². The van der Waals surface area contributed by atoms with Gasteiger partial charge in [0.05, 0.1) is 35.2 Å². The minimum absolute atomic E-state index is 0.0725. The van der Waals surface area contributed by atoms with Crippen LogP contribution in [0.5, 0.6) is 0 Å².